The Balaban J connectivity index is 2.10. The number of anilines is 1. The second kappa shape index (κ2) is 5.56. The summed E-state index contributed by atoms with van der Waals surface area (Å²) in [6.45, 7) is 3.47. The van der Waals surface area contributed by atoms with E-state index < -0.39 is 6.04 Å². The highest BCUT2D eigenvalue weighted by atomic mass is 35.5. The number of ether oxygens (including phenoxy) is 2. The summed E-state index contributed by atoms with van der Waals surface area (Å²) >= 11 is 6.07. The molecule has 1 aromatic rings. The van der Waals surface area contributed by atoms with Crippen molar-refractivity contribution in [2.45, 2.75) is 13.0 Å². The zero-order valence-electron chi connectivity index (χ0n) is 10.0. The van der Waals surface area contributed by atoms with Crippen molar-refractivity contribution in [3.05, 3.63) is 22.7 Å². The average molecular weight is 271 g/mol. The van der Waals surface area contributed by atoms with Crippen LogP contribution in [0.5, 0.6) is 5.75 Å². The van der Waals surface area contributed by atoms with E-state index in [4.69, 9.17) is 26.8 Å². The smallest absolute Gasteiger partial charge is 0.245 e. The molecule has 2 rings (SSSR count). The van der Waals surface area contributed by atoms with E-state index >= 15 is 0 Å². The molecule has 0 spiro atoms. The predicted molar refractivity (Wildman–Crippen MR) is 69.0 cm³/mol. The van der Waals surface area contributed by atoms with Crippen LogP contribution in [0.3, 0.4) is 0 Å². The summed E-state index contributed by atoms with van der Waals surface area (Å²) < 4.78 is 10.6. The quantitative estimate of drug-likeness (QED) is 0.799. The van der Waals surface area contributed by atoms with Crippen molar-refractivity contribution >= 4 is 23.2 Å². The maximum absolute atomic E-state index is 11.4. The minimum absolute atomic E-state index is 0.229. The lowest BCUT2D eigenvalue weighted by molar-refractivity contribution is -0.116. The number of hydrogen-bond donors (Lipinski definition) is 2. The molecule has 3 N–H and O–H groups in total. The van der Waals surface area contributed by atoms with Crippen LogP contribution in [0.2, 0.25) is 5.02 Å². The molecule has 0 fully saturated rings. The summed E-state index contributed by atoms with van der Waals surface area (Å²) in [5.74, 6) is 0.289. The van der Waals surface area contributed by atoms with E-state index in [1.807, 2.05) is 6.92 Å². The van der Waals surface area contributed by atoms with Gasteiger partial charge in [0.15, 0.2) is 0 Å². The van der Waals surface area contributed by atoms with Gasteiger partial charge in [0.25, 0.3) is 0 Å². The molecule has 5 nitrogen and oxygen atoms in total. The zero-order chi connectivity index (χ0) is 13.1. The first-order chi connectivity index (χ1) is 8.63. The van der Waals surface area contributed by atoms with Gasteiger partial charge >= 0.3 is 0 Å². The molecule has 1 amide bonds. The zero-order valence-corrected chi connectivity index (χ0v) is 10.8. The van der Waals surface area contributed by atoms with Crippen molar-refractivity contribution < 1.29 is 14.3 Å². The maximum atomic E-state index is 11.4. The van der Waals surface area contributed by atoms with E-state index in [0.29, 0.717) is 41.8 Å². The number of nitrogens with two attached hydrogens (primary N) is 1. The predicted octanol–water partition coefficient (Wildman–Crippen LogP) is 1.71. The molecular weight excluding hydrogens is 256 g/mol. The monoisotopic (exact) mass is 270 g/mol. The summed E-state index contributed by atoms with van der Waals surface area (Å²) in [7, 11) is 0. The summed E-state index contributed by atoms with van der Waals surface area (Å²) in [5.41, 5.74) is 7.07. The molecule has 1 aliphatic rings. The summed E-state index contributed by atoms with van der Waals surface area (Å²) in [4.78, 5) is 11.4. The number of nitrogens with one attached hydrogen (secondary N) is 1. The third-order valence-corrected chi connectivity index (χ3v) is 2.96. The van der Waals surface area contributed by atoms with Gasteiger partial charge in [0.2, 0.25) is 5.91 Å². The molecule has 0 aromatic heterocycles. The fourth-order valence-corrected chi connectivity index (χ4v) is 1.98. The van der Waals surface area contributed by atoms with Gasteiger partial charge in [0, 0.05) is 23.9 Å². The van der Waals surface area contributed by atoms with Crippen molar-refractivity contribution in [2.24, 2.45) is 5.73 Å². The summed E-state index contributed by atoms with van der Waals surface area (Å²) in [6, 6.07) is 2.69. The Labute approximate surface area is 110 Å². The fraction of sp³-hybridized carbons (Fsp3) is 0.417. The van der Waals surface area contributed by atoms with E-state index in [1.54, 1.807) is 12.1 Å². The third kappa shape index (κ3) is 2.58. The lowest BCUT2D eigenvalue weighted by Gasteiger charge is -2.10. The van der Waals surface area contributed by atoms with Crippen LogP contribution in [0.25, 0.3) is 0 Å². The molecule has 1 heterocycles. The number of amides is 1. The molecule has 18 heavy (non-hydrogen) atoms. The van der Waals surface area contributed by atoms with E-state index in [1.165, 1.54) is 0 Å². The molecule has 0 saturated heterocycles. The summed E-state index contributed by atoms with van der Waals surface area (Å²) in [5, 5.41) is 3.12. The van der Waals surface area contributed by atoms with Crippen molar-refractivity contribution in [3.8, 4) is 5.75 Å². The van der Waals surface area contributed by atoms with Gasteiger partial charge in [0.05, 0.1) is 11.6 Å². The van der Waals surface area contributed by atoms with Gasteiger partial charge in [-0.3, -0.25) is 4.79 Å². The van der Waals surface area contributed by atoms with Gasteiger partial charge in [-0.25, -0.2) is 0 Å². The Morgan fingerprint density at radius 1 is 1.44 bits per heavy atom. The molecule has 0 radical (unpaired) electrons. The number of carbonyl (C=O) groups is 1. The highest BCUT2D eigenvalue weighted by molar-refractivity contribution is 6.32. The largest absolute Gasteiger partial charge is 0.490 e. The minimum Gasteiger partial charge on any atom is -0.490 e. The Hall–Kier alpha value is -1.30. The Bertz CT molecular complexity index is 465. The fourth-order valence-electron chi connectivity index (χ4n) is 1.75. The SMILES string of the molecule is CCOCCOc1cc2c(cc1Cl)C(N)C(=O)N2. The lowest BCUT2D eigenvalue weighted by Crippen LogP contribution is -2.19. The Morgan fingerprint density at radius 3 is 2.94 bits per heavy atom. The number of benzene rings is 1. The first-order valence-corrected chi connectivity index (χ1v) is 6.11. The summed E-state index contributed by atoms with van der Waals surface area (Å²) in [6.07, 6.45) is 0. The topological polar surface area (TPSA) is 73.6 Å². The standard InChI is InChI=1S/C12H15ClN2O3/c1-2-17-3-4-18-10-6-9-7(5-8(10)13)11(14)12(16)15-9/h5-6,11H,2-4,14H2,1H3,(H,15,16). The number of halogens is 1. The molecule has 0 saturated carbocycles. The molecule has 6 heteroatoms. The first-order valence-electron chi connectivity index (χ1n) is 5.74. The molecule has 1 atom stereocenters. The van der Waals surface area contributed by atoms with Gasteiger partial charge in [-0.2, -0.15) is 0 Å². The minimum atomic E-state index is -0.657. The highest BCUT2D eigenvalue weighted by Crippen LogP contribution is 2.37. The molecule has 0 aliphatic carbocycles. The molecular formula is C12H15ClN2O3. The number of carbonyl (C=O) groups excluding carboxylic acids is 1. The molecule has 1 unspecified atom stereocenters. The van der Waals surface area contributed by atoms with E-state index in [-0.39, 0.29) is 5.91 Å². The Kier molecular flexibility index (Phi) is 4.06. The van der Waals surface area contributed by atoms with Gasteiger partial charge in [-0.05, 0) is 13.0 Å². The maximum Gasteiger partial charge on any atom is 0.245 e. The van der Waals surface area contributed by atoms with Crippen molar-refractivity contribution in [3.63, 3.8) is 0 Å². The van der Waals surface area contributed by atoms with Crippen LogP contribution in [0, 0.1) is 0 Å². The molecule has 98 valence electrons. The highest BCUT2D eigenvalue weighted by Gasteiger charge is 2.28. The molecule has 1 aromatic carbocycles. The van der Waals surface area contributed by atoms with E-state index in [9.17, 15) is 4.79 Å². The van der Waals surface area contributed by atoms with Crippen LogP contribution < -0.4 is 15.8 Å². The van der Waals surface area contributed by atoms with Crippen LogP contribution in [0.4, 0.5) is 5.69 Å². The van der Waals surface area contributed by atoms with E-state index in [2.05, 4.69) is 5.32 Å². The average Bonchev–Trinajstić information content (AvgIpc) is 2.61. The van der Waals surface area contributed by atoms with Crippen LogP contribution in [0.1, 0.15) is 18.5 Å². The van der Waals surface area contributed by atoms with Crippen LogP contribution in [-0.4, -0.2) is 25.7 Å². The van der Waals surface area contributed by atoms with E-state index in [0.717, 1.165) is 0 Å². The Morgan fingerprint density at radius 2 is 2.22 bits per heavy atom. The first kappa shape index (κ1) is 13.1. The second-order valence-corrected chi connectivity index (χ2v) is 4.29. The molecule has 0 bridgehead atoms. The normalized spacial score (nSPS) is 17.5. The molecule has 1 aliphatic heterocycles. The van der Waals surface area contributed by atoms with Crippen LogP contribution in [-0.2, 0) is 9.53 Å². The lowest BCUT2D eigenvalue weighted by atomic mass is 10.1. The van der Waals surface area contributed by atoms with Gasteiger partial charge < -0.3 is 20.5 Å². The number of rotatable bonds is 5. The van der Waals surface area contributed by atoms with Crippen molar-refractivity contribution in [1.82, 2.24) is 0 Å². The second-order valence-electron chi connectivity index (χ2n) is 3.88. The van der Waals surface area contributed by atoms with Gasteiger partial charge in [-0.1, -0.05) is 11.6 Å². The number of fused-ring (bicyclic) bond motifs is 1. The number of hydrogen-bond acceptors (Lipinski definition) is 4. The van der Waals surface area contributed by atoms with Crippen LogP contribution >= 0.6 is 11.6 Å². The third-order valence-electron chi connectivity index (χ3n) is 2.67. The van der Waals surface area contributed by atoms with Gasteiger partial charge in [0.1, 0.15) is 18.4 Å². The van der Waals surface area contributed by atoms with Crippen molar-refractivity contribution in [1.29, 1.82) is 0 Å². The van der Waals surface area contributed by atoms with Gasteiger partial charge in [-0.15, -0.1) is 0 Å². The van der Waals surface area contributed by atoms with Crippen molar-refractivity contribution in [2.75, 3.05) is 25.1 Å². The van der Waals surface area contributed by atoms with Crippen LogP contribution in [0.15, 0.2) is 12.1 Å².